The Morgan fingerprint density at radius 3 is 2.43 bits per heavy atom. The maximum absolute atomic E-state index is 12.5. The number of carbonyl (C=O) groups excluding carboxylic acids is 1. The molecule has 1 fully saturated rings. The third kappa shape index (κ3) is 3.08. The summed E-state index contributed by atoms with van der Waals surface area (Å²) in [6, 6.07) is 5.00. The van der Waals surface area contributed by atoms with Crippen LogP contribution in [-0.2, 0) is 14.8 Å². The third-order valence-electron chi connectivity index (χ3n) is 3.57. The minimum Gasteiger partial charge on any atom is -0.465 e. The second-order valence-electron chi connectivity index (χ2n) is 4.83. The number of nitrogens with zero attached hydrogens (tertiary/aromatic N) is 1. The lowest BCUT2D eigenvalue weighted by atomic mass is 10.2. The average Bonchev–Trinajstić information content (AvgIpc) is 2.91. The first-order chi connectivity index (χ1) is 9.87. The molecule has 2 atom stereocenters. The molecule has 1 aliphatic heterocycles. The summed E-state index contributed by atoms with van der Waals surface area (Å²) in [6.45, 7) is 0.767. The van der Waals surface area contributed by atoms with E-state index < -0.39 is 28.1 Å². The summed E-state index contributed by atoms with van der Waals surface area (Å²) in [5.74, 6) is -0.525. The largest absolute Gasteiger partial charge is 0.465 e. The number of benzene rings is 1. The van der Waals surface area contributed by atoms with Crippen molar-refractivity contribution < 1.29 is 23.1 Å². The highest BCUT2D eigenvalue weighted by molar-refractivity contribution is 7.89. The molecule has 8 heteroatoms. The number of aliphatic hydroxyl groups is 1. The van der Waals surface area contributed by atoms with E-state index in [1.807, 2.05) is 0 Å². The van der Waals surface area contributed by atoms with Gasteiger partial charge in [-0.15, -0.1) is 0 Å². The lowest BCUT2D eigenvalue weighted by Gasteiger charge is -2.25. The van der Waals surface area contributed by atoms with Crippen molar-refractivity contribution in [3.05, 3.63) is 29.8 Å². The first kappa shape index (κ1) is 15.9. The van der Waals surface area contributed by atoms with Gasteiger partial charge in [0.05, 0.1) is 29.7 Å². The van der Waals surface area contributed by atoms with Crippen molar-refractivity contribution in [2.24, 2.45) is 0 Å². The van der Waals surface area contributed by atoms with Gasteiger partial charge in [0, 0.05) is 20.1 Å². The summed E-state index contributed by atoms with van der Waals surface area (Å²) in [5.41, 5.74) is 0.279. The normalized spacial score (nSPS) is 22.5. The first-order valence-corrected chi connectivity index (χ1v) is 7.87. The van der Waals surface area contributed by atoms with E-state index in [9.17, 15) is 18.3 Å². The summed E-state index contributed by atoms with van der Waals surface area (Å²) in [7, 11) is -1.03. The number of methoxy groups -OCH3 is 1. The van der Waals surface area contributed by atoms with Gasteiger partial charge in [0.15, 0.2) is 0 Å². The van der Waals surface area contributed by atoms with Gasteiger partial charge in [-0.3, -0.25) is 0 Å². The maximum atomic E-state index is 12.5. The monoisotopic (exact) mass is 314 g/mol. The smallest absolute Gasteiger partial charge is 0.337 e. The Kier molecular flexibility index (Phi) is 4.62. The summed E-state index contributed by atoms with van der Waals surface area (Å²) < 4.78 is 30.7. The standard InChI is InChI=1S/C13H18N2O5S/c1-15(11-7-14-8-12(11)16)21(18,19)10-5-3-9(4-6-10)13(17)20-2/h3-6,11-12,14,16H,7-8H2,1-2H3/t11-,12-/m1/s1. The number of hydrogen-bond acceptors (Lipinski definition) is 6. The number of sulfonamides is 1. The molecule has 1 aliphatic rings. The highest BCUT2D eigenvalue weighted by Gasteiger charge is 2.35. The van der Waals surface area contributed by atoms with E-state index in [2.05, 4.69) is 10.1 Å². The molecule has 1 aromatic carbocycles. The molecule has 7 nitrogen and oxygen atoms in total. The predicted molar refractivity (Wildman–Crippen MR) is 75.4 cm³/mol. The number of aliphatic hydroxyl groups excluding tert-OH is 1. The summed E-state index contributed by atoms with van der Waals surface area (Å²) >= 11 is 0. The highest BCUT2D eigenvalue weighted by atomic mass is 32.2. The number of nitrogens with one attached hydrogen (secondary N) is 1. The Hall–Kier alpha value is -1.48. The van der Waals surface area contributed by atoms with E-state index in [1.165, 1.54) is 38.4 Å². The van der Waals surface area contributed by atoms with Crippen LogP contribution in [0.15, 0.2) is 29.2 Å². The molecular formula is C13H18N2O5S. The molecule has 0 unspecified atom stereocenters. The number of rotatable bonds is 4. The SMILES string of the molecule is COC(=O)c1ccc(S(=O)(=O)N(C)[C@@H]2CNC[C@H]2O)cc1. The van der Waals surface area contributed by atoms with Crippen molar-refractivity contribution in [1.29, 1.82) is 0 Å². The summed E-state index contributed by atoms with van der Waals surface area (Å²) in [4.78, 5) is 11.4. The van der Waals surface area contributed by atoms with Gasteiger partial charge < -0.3 is 15.2 Å². The second-order valence-corrected chi connectivity index (χ2v) is 6.83. The molecule has 21 heavy (non-hydrogen) atoms. The van der Waals surface area contributed by atoms with E-state index in [4.69, 9.17) is 0 Å². The van der Waals surface area contributed by atoms with Crippen LogP contribution >= 0.6 is 0 Å². The fraction of sp³-hybridized carbons (Fsp3) is 0.462. The van der Waals surface area contributed by atoms with Crippen molar-refractivity contribution in [2.45, 2.75) is 17.0 Å². The fourth-order valence-electron chi connectivity index (χ4n) is 2.25. The number of ether oxygens (including phenoxy) is 1. The zero-order chi connectivity index (χ0) is 15.6. The fourth-order valence-corrected chi connectivity index (χ4v) is 3.63. The zero-order valence-electron chi connectivity index (χ0n) is 11.8. The molecule has 0 radical (unpaired) electrons. The van der Waals surface area contributed by atoms with Crippen LogP contribution in [0.2, 0.25) is 0 Å². The van der Waals surface area contributed by atoms with E-state index in [1.54, 1.807) is 0 Å². The van der Waals surface area contributed by atoms with Crippen molar-refractivity contribution in [2.75, 3.05) is 27.2 Å². The summed E-state index contributed by atoms with van der Waals surface area (Å²) in [5, 5.41) is 12.7. The molecule has 0 spiro atoms. The van der Waals surface area contributed by atoms with Gasteiger partial charge in [-0.25, -0.2) is 13.2 Å². The van der Waals surface area contributed by atoms with Crippen LogP contribution in [0.4, 0.5) is 0 Å². The van der Waals surface area contributed by atoms with E-state index in [-0.39, 0.29) is 10.5 Å². The Balaban J connectivity index is 2.25. The molecule has 116 valence electrons. The molecule has 1 aromatic rings. The van der Waals surface area contributed by atoms with Crippen LogP contribution in [0.3, 0.4) is 0 Å². The lowest BCUT2D eigenvalue weighted by Crippen LogP contribution is -2.44. The van der Waals surface area contributed by atoms with Gasteiger partial charge in [-0.2, -0.15) is 4.31 Å². The Morgan fingerprint density at radius 1 is 1.33 bits per heavy atom. The molecule has 1 saturated heterocycles. The minimum absolute atomic E-state index is 0.0664. The van der Waals surface area contributed by atoms with Gasteiger partial charge in [0.2, 0.25) is 10.0 Å². The molecule has 0 amide bonds. The van der Waals surface area contributed by atoms with Gasteiger partial charge in [0.25, 0.3) is 0 Å². The molecule has 0 aromatic heterocycles. The van der Waals surface area contributed by atoms with Gasteiger partial charge in [0.1, 0.15) is 0 Å². The number of carbonyl (C=O) groups is 1. The van der Waals surface area contributed by atoms with E-state index >= 15 is 0 Å². The molecule has 2 rings (SSSR count). The van der Waals surface area contributed by atoms with Crippen LogP contribution in [-0.4, -0.2) is 63.2 Å². The van der Waals surface area contributed by atoms with Crippen molar-refractivity contribution in [3.63, 3.8) is 0 Å². The summed E-state index contributed by atoms with van der Waals surface area (Å²) in [6.07, 6.45) is -0.737. The highest BCUT2D eigenvalue weighted by Crippen LogP contribution is 2.20. The second kappa shape index (κ2) is 6.10. The van der Waals surface area contributed by atoms with Crippen LogP contribution in [0.25, 0.3) is 0 Å². The number of β-amino-alcohol motifs (C(OH)–C–C–N with tert-alkyl or cyclic N) is 1. The quantitative estimate of drug-likeness (QED) is 0.722. The first-order valence-electron chi connectivity index (χ1n) is 6.43. The van der Waals surface area contributed by atoms with Crippen LogP contribution < -0.4 is 5.32 Å². The van der Waals surface area contributed by atoms with Gasteiger partial charge in [-0.1, -0.05) is 0 Å². The molecule has 0 bridgehead atoms. The minimum atomic E-state index is -3.72. The molecule has 1 heterocycles. The van der Waals surface area contributed by atoms with Crippen LogP contribution in [0.1, 0.15) is 10.4 Å². The Morgan fingerprint density at radius 2 is 1.95 bits per heavy atom. The van der Waals surface area contributed by atoms with Crippen molar-refractivity contribution in [1.82, 2.24) is 9.62 Å². The third-order valence-corrected chi connectivity index (χ3v) is 5.47. The predicted octanol–water partition coefficient (Wildman–Crippen LogP) is -0.574. The van der Waals surface area contributed by atoms with Gasteiger partial charge >= 0.3 is 5.97 Å². The van der Waals surface area contributed by atoms with Gasteiger partial charge in [-0.05, 0) is 24.3 Å². The number of hydrogen-bond donors (Lipinski definition) is 2. The lowest BCUT2D eigenvalue weighted by molar-refractivity contribution is 0.0600. The Labute approximate surface area is 123 Å². The van der Waals surface area contributed by atoms with E-state index in [0.29, 0.717) is 13.1 Å². The zero-order valence-corrected chi connectivity index (χ0v) is 12.6. The molecule has 2 N–H and O–H groups in total. The molecular weight excluding hydrogens is 296 g/mol. The van der Waals surface area contributed by atoms with Crippen molar-refractivity contribution >= 4 is 16.0 Å². The number of likely N-dealkylation sites (N-methyl/N-ethyl adjacent to an activating group) is 1. The molecule has 0 saturated carbocycles. The average molecular weight is 314 g/mol. The van der Waals surface area contributed by atoms with Crippen molar-refractivity contribution in [3.8, 4) is 0 Å². The topological polar surface area (TPSA) is 95.9 Å². The maximum Gasteiger partial charge on any atom is 0.337 e. The van der Waals surface area contributed by atoms with E-state index in [0.717, 1.165) is 4.31 Å². The Bertz CT molecular complexity index is 614. The molecule has 0 aliphatic carbocycles. The van der Waals surface area contributed by atoms with Crippen LogP contribution in [0, 0.1) is 0 Å². The number of esters is 1. The van der Waals surface area contributed by atoms with Crippen LogP contribution in [0.5, 0.6) is 0 Å².